The molecule has 19 heavy (non-hydrogen) atoms. The van der Waals surface area contributed by atoms with Crippen LogP contribution in [0.2, 0.25) is 0 Å². The molecule has 0 bridgehead atoms. The van der Waals surface area contributed by atoms with Crippen LogP contribution in [-0.4, -0.2) is 33.9 Å². The minimum Gasteiger partial charge on any atom is -0.496 e. The van der Waals surface area contributed by atoms with E-state index in [9.17, 15) is 0 Å². The molecular weight excluding hydrogens is 244 g/mol. The van der Waals surface area contributed by atoms with Gasteiger partial charge in [-0.15, -0.1) is 0 Å². The van der Waals surface area contributed by atoms with Crippen LogP contribution < -0.4 is 25.3 Å². The van der Waals surface area contributed by atoms with E-state index >= 15 is 0 Å². The molecule has 0 aliphatic carbocycles. The first kappa shape index (κ1) is 14.0. The van der Waals surface area contributed by atoms with Gasteiger partial charge in [-0.05, 0) is 25.5 Å². The lowest BCUT2D eigenvalue weighted by Gasteiger charge is -2.23. The summed E-state index contributed by atoms with van der Waals surface area (Å²) in [6, 6.07) is 3.90. The molecule has 106 valence electrons. The van der Waals surface area contributed by atoms with E-state index in [2.05, 4.69) is 5.32 Å². The van der Waals surface area contributed by atoms with E-state index in [1.165, 1.54) is 0 Å². The molecule has 1 aliphatic heterocycles. The molecule has 1 aliphatic rings. The fourth-order valence-electron chi connectivity index (χ4n) is 2.55. The molecule has 5 heteroatoms. The Labute approximate surface area is 114 Å². The van der Waals surface area contributed by atoms with Crippen LogP contribution in [0.15, 0.2) is 12.1 Å². The van der Waals surface area contributed by atoms with Crippen LogP contribution in [0.5, 0.6) is 17.2 Å². The highest BCUT2D eigenvalue weighted by Gasteiger charge is 2.26. The quantitative estimate of drug-likeness (QED) is 0.844. The molecule has 2 rings (SSSR count). The van der Waals surface area contributed by atoms with Crippen molar-refractivity contribution in [2.75, 3.05) is 27.9 Å². The van der Waals surface area contributed by atoms with E-state index in [-0.39, 0.29) is 12.1 Å². The molecule has 2 unspecified atom stereocenters. The molecule has 1 aromatic carbocycles. The van der Waals surface area contributed by atoms with Crippen molar-refractivity contribution in [1.29, 1.82) is 0 Å². The highest BCUT2D eigenvalue weighted by molar-refractivity contribution is 5.52. The van der Waals surface area contributed by atoms with Gasteiger partial charge in [-0.25, -0.2) is 0 Å². The smallest absolute Gasteiger partial charge is 0.164 e. The van der Waals surface area contributed by atoms with Crippen LogP contribution in [0.3, 0.4) is 0 Å². The summed E-state index contributed by atoms with van der Waals surface area (Å²) in [5, 5.41) is 3.42. The van der Waals surface area contributed by atoms with Gasteiger partial charge in [0, 0.05) is 23.7 Å². The minimum atomic E-state index is -0.114. The lowest BCUT2D eigenvalue weighted by atomic mass is 9.97. The Morgan fingerprint density at radius 1 is 1.11 bits per heavy atom. The summed E-state index contributed by atoms with van der Waals surface area (Å²) in [4.78, 5) is 0. The minimum absolute atomic E-state index is 0.114. The van der Waals surface area contributed by atoms with E-state index in [0.29, 0.717) is 11.5 Å². The fourth-order valence-corrected chi connectivity index (χ4v) is 2.55. The predicted molar refractivity (Wildman–Crippen MR) is 74.1 cm³/mol. The number of nitrogens with two attached hydrogens (primary N) is 1. The third-order valence-electron chi connectivity index (χ3n) is 3.63. The first-order valence-electron chi connectivity index (χ1n) is 6.50. The highest BCUT2D eigenvalue weighted by Crippen LogP contribution is 2.38. The lowest BCUT2D eigenvalue weighted by Crippen LogP contribution is -2.34. The summed E-state index contributed by atoms with van der Waals surface area (Å²) in [5.74, 6) is 2.06. The molecule has 1 heterocycles. The van der Waals surface area contributed by atoms with Gasteiger partial charge >= 0.3 is 0 Å². The number of nitrogens with one attached hydrogen (secondary N) is 1. The molecule has 2 atom stereocenters. The largest absolute Gasteiger partial charge is 0.496 e. The van der Waals surface area contributed by atoms with Gasteiger partial charge in [-0.1, -0.05) is 0 Å². The normalized spacial score (nSPS) is 20.1. The summed E-state index contributed by atoms with van der Waals surface area (Å²) < 4.78 is 16.0. The van der Waals surface area contributed by atoms with Crippen molar-refractivity contribution in [1.82, 2.24) is 5.32 Å². The summed E-state index contributed by atoms with van der Waals surface area (Å²) in [5.41, 5.74) is 7.30. The number of ether oxygens (including phenoxy) is 3. The maximum absolute atomic E-state index is 6.35. The van der Waals surface area contributed by atoms with Gasteiger partial charge in [0.2, 0.25) is 0 Å². The van der Waals surface area contributed by atoms with Gasteiger partial charge < -0.3 is 25.3 Å². The standard InChI is InChI=1S/C14H22N2O3/c1-17-11-8-13(19-3)12(18-2)7-9(11)14(15)10-5-4-6-16-10/h7-8,10,14,16H,4-6,15H2,1-3H3. The van der Waals surface area contributed by atoms with E-state index in [4.69, 9.17) is 19.9 Å². The topological polar surface area (TPSA) is 65.7 Å². The molecule has 0 radical (unpaired) electrons. The SMILES string of the molecule is COc1cc(OC)c(C(N)C2CCCN2)cc1OC. The number of rotatable bonds is 5. The van der Waals surface area contributed by atoms with Crippen LogP contribution in [0.4, 0.5) is 0 Å². The van der Waals surface area contributed by atoms with Crippen LogP contribution in [0.25, 0.3) is 0 Å². The second-order valence-electron chi connectivity index (χ2n) is 4.68. The summed E-state index contributed by atoms with van der Waals surface area (Å²) >= 11 is 0. The molecule has 0 aromatic heterocycles. The lowest BCUT2D eigenvalue weighted by molar-refractivity contribution is 0.344. The summed E-state index contributed by atoms with van der Waals surface area (Å²) in [6.45, 7) is 1.02. The molecule has 5 nitrogen and oxygen atoms in total. The zero-order chi connectivity index (χ0) is 13.8. The number of hydrogen-bond donors (Lipinski definition) is 2. The van der Waals surface area contributed by atoms with Gasteiger partial charge in [0.05, 0.1) is 21.3 Å². The molecule has 0 spiro atoms. The Kier molecular flexibility index (Phi) is 4.50. The van der Waals surface area contributed by atoms with Crippen molar-refractivity contribution in [3.05, 3.63) is 17.7 Å². The van der Waals surface area contributed by atoms with E-state index in [1.54, 1.807) is 21.3 Å². The fraction of sp³-hybridized carbons (Fsp3) is 0.571. The average Bonchev–Trinajstić information content (AvgIpc) is 2.99. The van der Waals surface area contributed by atoms with Crippen molar-refractivity contribution < 1.29 is 14.2 Å². The Morgan fingerprint density at radius 2 is 1.74 bits per heavy atom. The van der Waals surface area contributed by atoms with Gasteiger partial charge in [-0.3, -0.25) is 0 Å². The van der Waals surface area contributed by atoms with Crippen molar-refractivity contribution in [3.63, 3.8) is 0 Å². The predicted octanol–water partition coefficient (Wildman–Crippen LogP) is 1.46. The molecule has 0 saturated carbocycles. The van der Waals surface area contributed by atoms with Crippen LogP contribution in [-0.2, 0) is 0 Å². The summed E-state index contributed by atoms with van der Waals surface area (Å²) in [7, 11) is 4.86. The first-order chi connectivity index (χ1) is 9.21. The third-order valence-corrected chi connectivity index (χ3v) is 3.63. The second kappa shape index (κ2) is 6.12. The first-order valence-corrected chi connectivity index (χ1v) is 6.50. The van der Waals surface area contributed by atoms with Crippen LogP contribution >= 0.6 is 0 Å². The number of hydrogen-bond acceptors (Lipinski definition) is 5. The maximum Gasteiger partial charge on any atom is 0.164 e. The summed E-state index contributed by atoms with van der Waals surface area (Å²) in [6.07, 6.45) is 2.24. The van der Waals surface area contributed by atoms with Crippen LogP contribution in [0.1, 0.15) is 24.4 Å². The zero-order valence-corrected chi connectivity index (χ0v) is 11.7. The van der Waals surface area contributed by atoms with E-state index in [1.807, 2.05) is 12.1 Å². The monoisotopic (exact) mass is 266 g/mol. The van der Waals surface area contributed by atoms with E-state index < -0.39 is 0 Å². The number of benzene rings is 1. The molecular formula is C14H22N2O3. The maximum atomic E-state index is 6.35. The van der Waals surface area contributed by atoms with Gasteiger partial charge in [0.15, 0.2) is 11.5 Å². The van der Waals surface area contributed by atoms with E-state index in [0.717, 1.165) is 30.7 Å². The Hall–Kier alpha value is -1.46. The Bertz CT molecular complexity index is 431. The van der Waals surface area contributed by atoms with Crippen molar-refractivity contribution in [3.8, 4) is 17.2 Å². The van der Waals surface area contributed by atoms with Crippen LogP contribution in [0, 0.1) is 0 Å². The molecule has 0 amide bonds. The molecule has 3 N–H and O–H groups in total. The van der Waals surface area contributed by atoms with Gasteiger partial charge in [0.25, 0.3) is 0 Å². The van der Waals surface area contributed by atoms with Crippen molar-refractivity contribution in [2.45, 2.75) is 24.9 Å². The second-order valence-corrected chi connectivity index (χ2v) is 4.68. The number of methoxy groups -OCH3 is 3. The average molecular weight is 266 g/mol. The molecule has 1 aromatic rings. The van der Waals surface area contributed by atoms with Gasteiger partial charge in [0.1, 0.15) is 5.75 Å². The zero-order valence-electron chi connectivity index (χ0n) is 11.7. The van der Waals surface area contributed by atoms with Crippen molar-refractivity contribution >= 4 is 0 Å². The third kappa shape index (κ3) is 2.77. The Balaban J connectivity index is 2.36. The Morgan fingerprint density at radius 3 is 2.26 bits per heavy atom. The van der Waals surface area contributed by atoms with Gasteiger partial charge in [-0.2, -0.15) is 0 Å². The van der Waals surface area contributed by atoms with Crippen molar-refractivity contribution in [2.24, 2.45) is 5.73 Å². The molecule has 1 fully saturated rings. The highest BCUT2D eigenvalue weighted by atomic mass is 16.5. The molecule has 1 saturated heterocycles.